The monoisotopic (exact) mass is 301 g/mol. The third-order valence-electron chi connectivity index (χ3n) is 3.83. The molecule has 1 aliphatic rings. The Morgan fingerprint density at radius 3 is 3.00 bits per heavy atom. The van der Waals surface area contributed by atoms with Gasteiger partial charge in [0, 0.05) is 24.4 Å². The maximum atomic E-state index is 12.1. The van der Waals surface area contributed by atoms with Gasteiger partial charge < -0.3 is 0 Å². The highest BCUT2D eigenvalue weighted by atomic mass is 32.1. The van der Waals surface area contributed by atoms with E-state index in [0.717, 1.165) is 15.3 Å². The molecule has 0 aliphatic carbocycles. The zero-order valence-corrected chi connectivity index (χ0v) is 12.7. The predicted octanol–water partition coefficient (Wildman–Crippen LogP) is 3.58. The second-order valence-corrected chi connectivity index (χ2v) is 6.40. The van der Waals surface area contributed by atoms with Crippen molar-refractivity contribution in [2.45, 2.75) is 20.3 Å². The molecule has 21 heavy (non-hydrogen) atoms. The number of nitrogens with zero attached hydrogens (tertiary/aromatic N) is 5. The third kappa shape index (κ3) is 2.57. The maximum Gasteiger partial charge on any atom is 0.229 e. The summed E-state index contributed by atoms with van der Waals surface area (Å²) in [5.74, 6) is 0.143. The number of benzene rings is 1. The van der Waals surface area contributed by atoms with Crippen LogP contribution in [0.25, 0.3) is 20.7 Å². The second kappa shape index (κ2) is 5.35. The molecular weight excluding hydrogens is 286 g/mol. The molecule has 1 aromatic heterocycles. The lowest BCUT2D eigenvalue weighted by molar-refractivity contribution is -0.117. The van der Waals surface area contributed by atoms with Crippen molar-refractivity contribution >= 4 is 32.6 Å². The Labute approximate surface area is 126 Å². The minimum atomic E-state index is 0.0561. The summed E-state index contributed by atoms with van der Waals surface area (Å²) < 4.78 is 1.10. The number of amides is 1. The van der Waals surface area contributed by atoms with E-state index in [1.165, 1.54) is 22.5 Å². The van der Waals surface area contributed by atoms with E-state index in [0.29, 0.717) is 19.5 Å². The van der Waals surface area contributed by atoms with Crippen molar-refractivity contribution in [1.29, 1.82) is 0 Å². The average Bonchev–Trinajstić information content (AvgIpc) is 3.00. The molecule has 1 fully saturated rings. The fourth-order valence-electron chi connectivity index (χ4n) is 2.52. The van der Waals surface area contributed by atoms with Crippen LogP contribution in [0.3, 0.4) is 0 Å². The minimum Gasteiger partial charge on any atom is -0.288 e. The summed E-state index contributed by atoms with van der Waals surface area (Å²) in [7, 11) is 0. The van der Waals surface area contributed by atoms with Crippen molar-refractivity contribution in [1.82, 2.24) is 4.98 Å². The number of hydrogen-bond acceptors (Lipinski definition) is 4. The molecule has 1 aliphatic heterocycles. The Bertz CT molecular complexity index is 723. The fraction of sp³-hybridized carbons (Fsp3) is 0.429. The lowest BCUT2D eigenvalue weighted by Crippen LogP contribution is -2.24. The number of rotatable bonds is 3. The van der Waals surface area contributed by atoms with E-state index in [1.807, 2.05) is 0 Å². The molecule has 0 bridgehead atoms. The zero-order valence-electron chi connectivity index (χ0n) is 11.9. The number of thiazole rings is 1. The molecule has 2 heterocycles. The van der Waals surface area contributed by atoms with Gasteiger partial charge >= 0.3 is 0 Å². The maximum absolute atomic E-state index is 12.1. The normalized spacial score (nSPS) is 18.3. The van der Waals surface area contributed by atoms with Crippen LogP contribution < -0.4 is 4.90 Å². The van der Waals surface area contributed by atoms with Gasteiger partial charge in [0.05, 0.1) is 10.2 Å². The van der Waals surface area contributed by atoms with Crippen molar-refractivity contribution in [3.05, 3.63) is 33.7 Å². The Kier molecular flexibility index (Phi) is 3.53. The first-order valence-electron chi connectivity index (χ1n) is 6.77. The van der Waals surface area contributed by atoms with E-state index in [-0.39, 0.29) is 11.8 Å². The first kappa shape index (κ1) is 13.9. The molecule has 1 amide bonds. The summed E-state index contributed by atoms with van der Waals surface area (Å²) in [4.78, 5) is 21.2. The van der Waals surface area contributed by atoms with Crippen molar-refractivity contribution in [2.24, 2.45) is 11.0 Å². The molecule has 1 aromatic carbocycles. The van der Waals surface area contributed by atoms with Crippen LogP contribution >= 0.6 is 11.3 Å². The highest BCUT2D eigenvalue weighted by Gasteiger charge is 2.31. The van der Waals surface area contributed by atoms with Crippen LogP contribution in [0.5, 0.6) is 0 Å². The lowest BCUT2D eigenvalue weighted by atomic mass is 10.1. The number of hydrogen-bond donors (Lipinski definition) is 0. The number of carbonyl (C=O) groups excluding carboxylic acids is 1. The fourth-order valence-corrected chi connectivity index (χ4v) is 3.60. The van der Waals surface area contributed by atoms with Crippen LogP contribution in [0.2, 0.25) is 0 Å². The molecule has 108 valence electrons. The summed E-state index contributed by atoms with van der Waals surface area (Å²) in [6.45, 7) is 5.08. The van der Waals surface area contributed by atoms with Crippen LogP contribution in [0, 0.1) is 19.8 Å². The summed E-state index contributed by atoms with van der Waals surface area (Å²) in [6.07, 6.45) is 0.424. The molecule has 0 radical (unpaired) electrons. The van der Waals surface area contributed by atoms with Crippen LogP contribution in [0.4, 0.5) is 5.13 Å². The third-order valence-corrected chi connectivity index (χ3v) is 4.87. The topological polar surface area (TPSA) is 82.0 Å². The Hall–Kier alpha value is -2.11. The molecule has 3 rings (SSSR count). The number of azide groups is 1. The molecular formula is C14H15N5OS. The standard InChI is InChI=1S/C14H15N5OS/c1-8-3-11-12(4-9(8)2)21-14(17-11)19-7-10(5-13(19)20)6-16-18-15/h3-4,10H,5-7H2,1-2H3. The van der Waals surface area contributed by atoms with Crippen molar-refractivity contribution in [2.75, 3.05) is 18.0 Å². The van der Waals surface area contributed by atoms with E-state index in [9.17, 15) is 4.79 Å². The largest absolute Gasteiger partial charge is 0.288 e. The molecule has 0 spiro atoms. The van der Waals surface area contributed by atoms with Crippen LogP contribution in [-0.2, 0) is 4.79 Å². The number of anilines is 1. The van der Waals surface area contributed by atoms with E-state index in [4.69, 9.17) is 5.53 Å². The van der Waals surface area contributed by atoms with Crippen molar-refractivity contribution < 1.29 is 4.79 Å². The molecule has 1 unspecified atom stereocenters. The highest BCUT2D eigenvalue weighted by molar-refractivity contribution is 7.22. The van der Waals surface area contributed by atoms with Crippen molar-refractivity contribution in [3.63, 3.8) is 0 Å². The van der Waals surface area contributed by atoms with Gasteiger partial charge in [-0.05, 0) is 48.6 Å². The average molecular weight is 301 g/mol. The van der Waals surface area contributed by atoms with Crippen molar-refractivity contribution in [3.8, 4) is 0 Å². The minimum absolute atomic E-state index is 0.0561. The Morgan fingerprint density at radius 1 is 1.48 bits per heavy atom. The molecule has 0 saturated carbocycles. The zero-order chi connectivity index (χ0) is 15.0. The van der Waals surface area contributed by atoms with E-state index < -0.39 is 0 Å². The van der Waals surface area contributed by atoms with Gasteiger partial charge in [-0.1, -0.05) is 16.5 Å². The van der Waals surface area contributed by atoms with Gasteiger partial charge in [0.15, 0.2) is 5.13 Å². The van der Waals surface area contributed by atoms with Crippen LogP contribution in [0.1, 0.15) is 17.5 Å². The van der Waals surface area contributed by atoms with Gasteiger partial charge in [0.2, 0.25) is 5.91 Å². The molecule has 6 nitrogen and oxygen atoms in total. The first-order chi connectivity index (χ1) is 10.1. The SMILES string of the molecule is Cc1cc2nc(N3CC(CN=[N+]=[N-])CC3=O)sc2cc1C. The number of carbonyl (C=O) groups is 1. The van der Waals surface area contributed by atoms with E-state index >= 15 is 0 Å². The number of aromatic nitrogens is 1. The number of aryl methyl sites for hydroxylation is 2. The second-order valence-electron chi connectivity index (χ2n) is 5.39. The van der Waals surface area contributed by atoms with Crippen LogP contribution in [-0.4, -0.2) is 24.0 Å². The van der Waals surface area contributed by atoms with Gasteiger partial charge in [-0.15, -0.1) is 0 Å². The quantitative estimate of drug-likeness (QED) is 0.493. The summed E-state index contributed by atoms with van der Waals surface area (Å²) in [5.41, 5.74) is 11.7. The van der Waals surface area contributed by atoms with E-state index in [1.54, 1.807) is 4.90 Å². The summed E-state index contributed by atoms with van der Waals surface area (Å²) >= 11 is 1.54. The molecule has 7 heteroatoms. The predicted molar refractivity (Wildman–Crippen MR) is 83.6 cm³/mol. The smallest absolute Gasteiger partial charge is 0.229 e. The molecule has 2 aromatic rings. The number of fused-ring (bicyclic) bond motifs is 1. The van der Waals surface area contributed by atoms with Gasteiger partial charge in [-0.25, -0.2) is 4.98 Å². The Balaban J connectivity index is 1.90. The molecule has 1 atom stereocenters. The van der Waals surface area contributed by atoms with Gasteiger partial charge in [0.25, 0.3) is 0 Å². The molecule has 0 N–H and O–H groups in total. The van der Waals surface area contributed by atoms with Gasteiger partial charge in [-0.3, -0.25) is 9.69 Å². The van der Waals surface area contributed by atoms with Gasteiger partial charge in [0.1, 0.15) is 0 Å². The highest BCUT2D eigenvalue weighted by Crippen LogP contribution is 2.34. The van der Waals surface area contributed by atoms with Crippen LogP contribution in [0.15, 0.2) is 17.2 Å². The van der Waals surface area contributed by atoms with Gasteiger partial charge in [-0.2, -0.15) is 0 Å². The lowest BCUT2D eigenvalue weighted by Gasteiger charge is -2.11. The Morgan fingerprint density at radius 2 is 2.24 bits per heavy atom. The summed E-state index contributed by atoms with van der Waals surface area (Å²) in [6, 6.07) is 4.17. The first-order valence-corrected chi connectivity index (χ1v) is 7.59. The molecule has 1 saturated heterocycles. The van der Waals surface area contributed by atoms with E-state index in [2.05, 4.69) is 41.0 Å². The summed E-state index contributed by atoms with van der Waals surface area (Å²) in [5, 5.41) is 4.31.